The Morgan fingerprint density at radius 2 is 2.00 bits per heavy atom. The van der Waals surface area contributed by atoms with Crippen molar-refractivity contribution >= 4 is 35.3 Å². The number of pyridine rings is 1. The van der Waals surface area contributed by atoms with E-state index in [-0.39, 0.29) is 27.7 Å². The number of methoxy groups -OCH3 is 1. The number of rotatable bonds is 3. The van der Waals surface area contributed by atoms with Gasteiger partial charge in [-0.3, -0.25) is 0 Å². The summed E-state index contributed by atoms with van der Waals surface area (Å²) in [7, 11) is 1.23. The lowest BCUT2D eigenvalue weighted by atomic mass is 10.2. The fourth-order valence-corrected chi connectivity index (χ4v) is 2.81. The number of likely N-dealkylation sites (tertiary alicyclic amines) is 1. The highest BCUT2D eigenvalue weighted by Gasteiger charge is 2.32. The third kappa shape index (κ3) is 5.12. The van der Waals surface area contributed by atoms with Gasteiger partial charge in [0.2, 0.25) is 5.88 Å². The summed E-state index contributed by atoms with van der Waals surface area (Å²) in [5.74, 6) is -0.688. The summed E-state index contributed by atoms with van der Waals surface area (Å²) < 4.78 is 15.8. The monoisotopic (exact) mass is 390 g/mol. The summed E-state index contributed by atoms with van der Waals surface area (Å²) in [6, 6.07) is 1.34. The van der Waals surface area contributed by atoms with Crippen molar-refractivity contribution in [1.82, 2.24) is 9.88 Å². The van der Waals surface area contributed by atoms with E-state index >= 15 is 0 Å². The number of esters is 1. The molecule has 1 aromatic heterocycles. The second kappa shape index (κ2) is 7.66. The maximum atomic E-state index is 12.1. The van der Waals surface area contributed by atoms with E-state index in [9.17, 15) is 9.59 Å². The van der Waals surface area contributed by atoms with Gasteiger partial charge in [0.15, 0.2) is 0 Å². The SMILES string of the molecule is COC(=O)c1c(Cl)cc(Cl)nc1OC1CCN(C(=O)OC(C)(C)C)C1. The van der Waals surface area contributed by atoms with Gasteiger partial charge in [0.25, 0.3) is 0 Å². The summed E-state index contributed by atoms with van der Waals surface area (Å²) in [5.41, 5.74) is -0.569. The maximum Gasteiger partial charge on any atom is 0.410 e. The largest absolute Gasteiger partial charge is 0.472 e. The minimum absolute atomic E-state index is 0.00397. The van der Waals surface area contributed by atoms with Gasteiger partial charge in [-0.1, -0.05) is 23.2 Å². The number of carbonyl (C=O) groups excluding carboxylic acids is 2. The minimum atomic E-state index is -0.675. The summed E-state index contributed by atoms with van der Waals surface area (Å²) in [6.07, 6.45) is -0.215. The molecule has 0 aliphatic carbocycles. The molecule has 7 nitrogen and oxygen atoms in total. The summed E-state index contributed by atoms with van der Waals surface area (Å²) >= 11 is 12.0. The summed E-state index contributed by atoms with van der Waals surface area (Å²) in [6.45, 7) is 6.18. The minimum Gasteiger partial charge on any atom is -0.472 e. The Bertz CT molecular complexity index is 675. The van der Waals surface area contributed by atoms with Crippen LogP contribution in [0.5, 0.6) is 5.88 Å². The third-order valence-electron chi connectivity index (χ3n) is 3.37. The first-order valence-electron chi connectivity index (χ1n) is 7.69. The zero-order valence-electron chi connectivity index (χ0n) is 14.5. The van der Waals surface area contributed by atoms with Crippen molar-refractivity contribution < 1.29 is 23.8 Å². The lowest BCUT2D eigenvalue weighted by molar-refractivity contribution is 0.0273. The molecule has 2 rings (SSSR count). The Labute approximate surface area is 156 Å². The van der Waals surface area contributed by atoms with Gasteiger partial charge in [-0.25, -0.2) is 14.6 Å². The van der Waals surface area contributed by atoms with Gasteiger partial charge in [-0.2, -0.15) is 0 Å². The smallest absolute Gasteiger partial charge is 0.410 e. The van der Waals surface area contributed by atoms with Crippen LogP contribution in [0, 0.1) is 0 Å². The predicted octanol–water partition coefficient (Wildman–Crippen LogP) is 3.56. The van der Waals surface area contributed by atoms with Crippen molar-refractivity contribution in [3.05, 3.63) is 21.8 Å². The Hall–Kier alpha value is -1.73. The van der Waals surface area contributed by atoms with E-state index in [1.165, 1.54) is 13.2 Å². The number of ether oxygens (including phenoxy) is 3. The Morgan fingerprint density at radius 1 is 1.32 bits per heavy atom. The number of carbonyl (C=O) groups is 2. The zero-order chi connectivity index (χ0) is 18.8. The third-order valence-corrected chi connectivity index (χ3v) is 3.86. The van der Waals surface area contributed by atoms with Crippen LogP contribution in [0.15, 0.2) is 6.07 Å². The van der Waals surface area contributed by atoms with Gasteiger partial charge in [0, 0.05) is 13.0 Å². The van der Waals surface area contributed by atoms with Crippen molar-refractivity contribution in [1.29, 1.82) is 0 Å². The lowest BCUT2D eigenvalue weighted by Crippen LogP contribution is -2.36. The molecule has 0 bridgehead atoms. The standard InChI is InChI=1S/C16H20Cl2N2O5/c1-16(2,3)25-15(22)20-6-5-9(8-20)24-13-12(14(21)23-4)10(17)7-11(18)19-13/h7,9H,5-6,8H2,1-4H3. The van der Waals surface area contributed by atoms with Crippen molar-refractivity contribution in [3.8, 4) is 5.88 Å². The molecule has 1 fully saturated rings. The molecule has 0 spiro atoms. The highest BCUT2D eigenvalue weighted by Crippen LogP contribution is 2.30. The predicted molar refractivity (Wildman–Crippen MR) is 92.4 cm³/mol. The normalized spacial score (nSPS) is 17.4. The molecule has 1 aliphatic heterocycles. The molecule has 9 heteroatoms. The number of hydrogen-bond acceptors (Lipinski definition) is 6. The van der Waals surface area contributed by atoms with E-state index in [0.29, 0.717) is 19.5 Å². The highest BCUT2D eigenvalue weighted by atomic mass is 35.5. The molecule has 1 aliphatic rings. The lowest BCUT2D eigenvalue weighted by Gasteiger charge is -2.24. The number of amides is 1. The van der Waals surface area contributed by atoms with Crippen LogP contribution in [0.2, 0.25) is 10.2 Å². The van der Waals surface area contributed by atoms with E-state index in [4.69, 9.17) is 37.4 Å². The average Bonchev–Trinajstić information content (AvgIpc) is 2.93. The van der Waals surface area contributed by atoms with Gasteiger partial charge < -0.3 is 19.1 Å². The molecule has 1 saturated heterocycles. The zero-order valence-corrected chi connectivity index (χ0v) is 16.0. The van der Waals surface area contributed by atoms with Crippen LogP contribution in [0.25, 0.3) is 0 Å². The fraction of sp³-hybridized carbons (Fsp3) is 0.562. The molecule has 2 heterocycles. The van der Waals surface area contributed by atoms with E-state index in [1.54, 1.807) is 25.7 Å². The fourth-order valence-electron chi connectivity index (χ4n) is 2.31. The van der Waals surface area contributed by atoms with Crippen LogP contribution in [0.4, 0.5) is 4.79 Å². The Morgan fingerprint density at radius 3 is 2.60 bits per heavy atom. The molecule has 1 unspecified atom stereocenters. The van der Waals surface area contributed by atoms with E-state index in [2.05, 4.69) is 4.98 Å². The number of halogens is 2. The van der Waals surface area contributed by atoms with Crippen LogP contribution in [0.3, 0.4) is 0 Å². The summed E-state index contributed by atoms with van der Waals surface area (Å²) in [5, 5.41) is 0.179. The van der Waals surface area contributed by atoms with Crippen LogP contribution < -0.4 is 4.74 Å². The van der Waals surface area contributed by atoms with Gasteiger partial charge in [-0.05, 0) is 26.8 Å². The van der Waals surface area contributed by atoms with Gasteiger partial charge >= 0.3 is 12.1 Å². The van der Waals surface area contributed by atoms with E-state index < -0.39 is 17.7 Å². The number of nitrogens with zero attached hydrogens (tertiary/aromatic N) is 2. The van der Waals surface area contributed by atoms with E-state index in [1.807, 2.05) is 0 Å². The Kier molecular flexibility index (Phi) is 6.00. The molecular formula is C16H20Cl2N2O5. The molecule has 0 aromatic carbocycles. The Balaban J connectivity index is 2.11. The second-order valence-electron chi connectivity index (χ2n) is 6.55. The van der Waals surface area contributed by atoms with E-state index in [0.717, 1.165) is 0 Å². The topological polar surface area (TPSA) is 78.0 Å². The van der Waals surface area contributed by atoms with Crippen LogP contribution in [-0.4, -0.2) is 53.9 Å². The summed E-state index contributed by atoms with van der Waals surface area (Å²) in [4.78, 5) is 29.6. The maximum absolute atomic E-state index is 12.1. The molecule has 0 radical (unpaired) electrons. The number of hydrogen-bond donors (Lipinski definition) is 0. The molecule has 1 atom stereocenters. The molecule has 138 valence electrons. The average molecular weight is 391 g/mol. The highest BCUT2D eigenvalue weighted by molar-refractivity contribution is 6.36. The van der Waals surface area contributed by atoms with Gasteiger partial charge in [0.05, 0.1) is 18.7 Å². The first-order chi connectivity index (χ1) is 11.6. The van der Waals surface area contributed by atoms with Crippen molar-refractivity contribution in [2.45, 2.75) is 38.9 Å². The van der Waals surface area contributed by atoms with Gasteiger partial charge in [0.1, 0.15) is 22.4 Å². The number of aromatic nitrogens is 1. The molecule has 0 saturated carbocycles. The molecule has 1 aromatic rings. The molecule has 0 N–H and O–H groups in total. The first-order valence-corrected chi connectivity index (χ1v) is 8.45. The van der Waals surface area contributed by atoms with Crippen LogP contribution in [-0.2, 0) is 9.47 Å². The van der Waals surface area contributed by atoms with Crippen molar-refractivity contribution in [2.24, 2.45) is 0 Å². The van der Waals surface area contributed by atoms with Gasteiger partial charge in [-0.15, -0.1) is 0 Å². The van der Waals surface area contributed by atoms with Crippen LogP contribution in [0.1, 0.15) is 37.6 Å². The van der Waals surface area contributed by atoms with Crippen molar-refractivity contribution in [2.75, 3.05) is 20.2 Å². The van der Waals surface area contributed by atoms with Crippen molar-refractivity contribution in [3.63, 3.8) is 0 Å². The molecule has 25 heavy (non-hydrogen) atoms. The van der Waals surface area contributed by atoms with Crippen LogP contribution >= 0.6 is 23.2 Å². The molecular weight excluding hydrogens is 371 g/mol. The first kappa shape index (κ1) is 19.6. The molecule has 1 amide bonds. The second-order valence-corrected chi connectivity index (χ2v) is 7.35. The quantitative estimate of drug-likeness (QED) is 0.579.